The second-order valence-electron chi connectivity index (χ2n) is 5.11. The number of anilines is 1. The first kappa shape index (κ1) is 15.5. The first-order chi connectivity index (χ1) is 11.1. The molecule has 3 rings (SSSR count). The van der Waals surface area contributed by atoms with Crippen molar-refractivity contribution in [1.82, 2.24) is 10.1 Å². The Balaban J connectivity index is 1.88. The number of hydrogen-bond donors (Lipinski definition) is 1. The minimum absolute atomic E-state index is 0.155. The van der Waals surface area contributed by atoms with Crippen LogP contribution in [0.25, 0.3) is 0 Å². The Morgan fingerprint density at radius 2 is 2.09 bits per heavy atom. The van der Waals surface area contributed by atoms with Crippen LogP contribution in [0.2, 0.25) is 5.02 Å². The number of ether oxygens (including phenoxy) is 1. The predicted octanol–water partition coefficient (Wildman–Crippen LogP) is 1.86. The smallest absolute Gasteiger partial charge is 0.257 e. The van der Waals surface area contributed by atoms with Crippen molar-refractivity contribution < 1.29 is 18.8 Å². The fourth-order valence-electron chi connectivity index (χ4n) is 2.46. The number of carbonyl (C=O) groups is 2. The fraction of sp³-hybridized carbons (Fsp3) is 0.267. The molecule has 2 atom stereocenters. The Morgan fingerprint density at radius 3 is 2.74 bits per heavy atom. The van der Waals surface area contributed by atoms with Crippen LogP contribution in [0.1, 0.15) is 11.6 Å². The average molecular weight is 336 g/mol. The van der Waals surface area contributed by atoms with E-state index in [1.165, 1.54) is 17.2 Å². The third-order valence-electron chi connectivity index (χ3n) is 3.64. The Labute approximate surface area is 137 Å². The molecule has 7 nitrogen and oxygen atoms in total. The average Bonchev–Trinajstić information content (AvgIpc) is 3.04. The summed E-state index contributed by atoms with van der Waals surface area (Å²) in [6.07, 6.45) is 0.486. The van der Waals surface area contributed by atoms with E-state index in [4.69, 9.17) is 16.3 Å². The Morgan fingerprint density at radius 1 is 1.35 bits per heavy atom. The molecule has 2 amide bonds. The van der Waals surface area contributed by atoms with E-state index in [2.05, 4.69) is 15.0 Å². The number of halogens is 1. The molecule has 120 valence electrons. The van der Waals surface area contributed by atoms with Gasteiger partial charge in [-0.2, -0.15) is 0 Å². The van der Waals surface area contributed by atoms with Crippen molar-refractivity contribution in [2.45, 2.75) is 12.1 Å². The summed E-state index contributed by atoms with van der Waals surface area (Å²) >= 11 is 5.90. The van der Waals surface area contributed by atoms with Crippen LogP contribution < -0.4 is 5.32 Å². The lowest BCUT2D eigenvalue weighted by Crippen LogP contribution is -2.51. The van der Waals surface area contributed by atoms with Crippen molar-refractivity contribution >= 4 is 29.2 Å². The molecule has 2 heterocycles. The van der Waals surface area contributed by atoms with Gasteiger partial charge in [-0.15, -0.1) is 0 Å². The summed E-state index contributed by atoms with van der Waals surface area (Å²) in [4.78, 5) is 25.9. The number of nitrogens with one attached hydrogen (secondary N) is 1. The first-order valence-electron chi connectivity index (χ1n) is 6.90. The highest BCUT2D eigenvalue weighted by Crippen LogP contribution is 2.30. The lowest BCUT2D eigenvalue weighted by atomic mass is 9.97. The van der Waals surface area contributed by atoms with Crippen molar-refractivity contribution in [2.24, 2.45) is 0 Å². The number of aromatic nitrogens is 1. The van der Waals surface area contributed by atoms with Crippen molar-refractivity contribution in [1.29, 1.82) is 0 Å². The molecule has 0 radical (unpaired) electrons. The van der Waals surface area contributed by atoms with Gasteiger partial charge in [0.1, 0.15) is 12.9 Å². The van der Waals surface area contributed by atoms with Gasteiger partial charge in [-0.3, -0.25) is 9.59 Å². The first-order valence-corrected chi connectivity index (χ1v) is 7.28. The van der Waals surface area contributed by atoms with Crippen molar-refractivity contribution in [2.75, 3.05) is 19.0 Å². The summed E-state index contributed by atoms with van der Waals surface area (Å²) in [5.41, 5.74) is 0.755. The molecule has 0 aliphatic carbocycles. The predicted molar refractivity (Wildman–Crippen MR) is 81.8 cm³/mol. The monoisotopic (exact) mass is 335 g/mol. The maximum absolute atomic E-state index is 12.5. The van der Waals surface area contributed by atoms with Gasteiger partial charge in [-0.1, -0.05) is 28.9 Å². The maximum Gasteiger partial charge on any atom is 0.257 e. The number of benzene rings is 1. The fourth-order valence-corrected chi connectivity index (χ4v) is 2.59. The highest BCUT2D eigenvalue weighted by molar-refractivity contribution is 6.30. The summed E-state index contributed by atoms with van der Waals surface area (Å²) in [6.45, 7) is -0.155. The van der Waals surface area contributed by atoms with Crippen LogP contribution >= 0.6 is 11.6 Å². The van der Waals surface area contributed by atoms with Crippen LogP contribution in [0.4, 0.5) is 5.82 Å². The van der Waals surface area contributed by atoms with Gasteiger partial charge in [0, 0.05) is 18.1 Å². The normalized spacial score (nSPS) is 21.3. The second kappa shape index (κ2) is 6.39. The third kappa shape index (κ3) is 3.20. The van der Waals surface area contributed by atoms with Gasteiger partial charge in [0.15, 0.2) is 11.9 Å². The van der Waals surface area contributed by atoms with Crippen molar-refractivity contribution in [3.8, 4) is 0 Å². The van der Waals surface area contributed by atoms with Crippen LogP contribution in [0.5, 0.6) is 0 Å². The quantitative estimate of drug-likeness (QED) is 0.925. The SMILES string of the molecule is CN1C(=O)CO[C@H](C(=O)Nc2ccon2)[C@@H]1c1ccc(Cl)cc1. The van der Waals surface area contributed by atoms with E-state index in [-0.39, 0.29) is 18.3 Å². The molecule has 1 aliphatic heterocycles. The van der Waals surface area contributed by atoms with E-state index < -0.39 is 18.1 Å². The molecule has 8 heteroatoms. The van der Waals surface area contributed by atoms with Crippen LogP contribution in [-0.4, -0.2) is 41.6 Å². The lowest BCUT2D eigenvalue weighted by molar-refractivity contribution is -0.160. The number of likely N-dealkylation sites (N-methyl/N-ethyl adjacent to an activating group) is 1. The molecule has 1 aliphatic rings. The highest BCUT2D eigenvalue weighted by atomic mass is 35.5. The van der Waals surface area contributed by atoms with Gasteiger partial charge in [0.25, 0.3) is 5.91 Å². The molecule has 1 N–H and O–H groups in total. The largest absolute Gasteiger partial charge is 0.363 e. The molecule has 0 spiro atoms. The molecular weight excluding hydrogens is 322 g/mol. The number of carbonyl (C=O) groups excluding carboxylic acids is 2. The maximum atomic E-state index is 12.5. The van der Waals surface area contributed by atoms with Crippen molar-refractivity contribution in [3.63, 3.8) is 0 Å². The van der Waals surface area contributed by atoms with Gasteiger partial charge in [0.2, 0.25) is 5.91 Å². The Bertz CT molecular complexity index is 702. The third-order valence-corrected chi connectivity index (χ3v) is 3.89. The molecule has 0 saturated carbocycles. The van der Waals surface area contributed by atoms with Crippen LogP contribution in [0.15, 0.2) is 41.1 Å². The standard InChI is InChI=1S/C15H14ClN3O4/c1-19-12(20)8-22-14(15(21)17-11-6-7-23-18-11)13(19)9-2-4-10(16)5-3-9/h2-7,13-14H,8H2,1H3,(H,17,18,21)/t13-,14-/m0/s1. The minimum Gasteiger partial charge on any atom is -0.363 e. The molecule has 1 fully saturated rings. The molecule has 0 unspecified atom stereocenters. The van der Waals surface area contributed by atoms with E-state index >= 15 is 0 Å². The zero-order valence-corrected chi connectivity index (χ0v) is 13.0. The molecule has 2 aromatic rings. The zero-order chi connectivity index (χ0) is 16.4. The highest BCUT2D eigenvalue weighted by Gasteiger charge is 2.40. The second-order valence-corrected chi connectivity index (χ2v) is 5.54. The number of morpholine rings is 1. The zero-order valence-electron chi connectivity index (χ0n) is 12.2. The van der Waals surface area contributed by atoms with Gasteiger partial charge < -0.3 is 19.5 Å². The minimum atomic E-state index is -0.865. The molecular formula is C15H14ClN3O4. The molecule has 1 aromatic carbocycles. The molecule has 23 heavy (non-hydrogen) atoms. The van der Waals surface area contributed by atoms with Crippen LogP contribution in [0, 0.1) is 0 Å². The van der Waals surface area contributed by atoms with E-state index in [1.54, 1.807) is 31.3 Å². The van der Waals surface area contributed by atoms with E-state index in [0.717, 1.165) is 5.56 Å². The summed E-state index contributed by atoms with van der Waals surface area (Å²) in [7, 11) is 1.64. The number of nitrogens with zero attached hydrogens (tertiary/aromatic N) is 2. The van der Waals surface area contributed by atoms with Crippen LogP contribution in [-0.2, 0) is 14.3 Å². The number of amides is 2. The topological polar surface area (TPSA) is 84.7 Å². The van der Waals surface area contributed by atoms with Crippen molar-refractivity contribution in [3.05, 3.63) is 47.2 Å². The van der Waals surface area contributed by atoms with Gasteiger partial charge >= 0.3 is 0 Å². The molecule has 1 saturated heterocycles. The number of hydrogen-bond acceptors (Lipinski definition) is 5. The summed E-state index contributed by atoms with van der Waals surface area (Å²) < 4.78 is 10.2. The van der Waals surface area contributed by atoms with E-state index in [1.807, 2.05) is 0 Å². The van der Waals surface area contributed by atoms with Gasteiger partial charge in [0.05, 0.1) is 6.04 Å². The van der Waals surface area contributed by atoms with E-state index in [9.17, 15) is 9.59 Å². The summed E-state index contributed by atoms with van der Waals surface area (Å²) in [6, 6.07) is 7.91. The number of rotatable bonds is 3. The Kier molecular flexibility index (Phi) is 4.31. The van der Waals surface area contributed by atoms with Gasteiger partial charge in [-0.25, -0.2) is 0 Å². The molecule has 1 aromatic heterocycles. The van der Waals surface area contributed by atoms with E-state index in [0.29, 0.717) is 5.02 Å². The Hall–Kier alpha value is -2.38. The molecule has 0 bridgehead atoms. The van der Waals surface area contributed by atoms with Gasteiger partial charge in [-0.05, 0) is 17.7 Å². The summed E-state index contributed by atoms with van der Waals surface area (Å²) in [5, 5.41) is 6.81. The summed E-state index contributed by atoms with van der Waals surface area (Å²) in [5.74, 6) is -0.318. The lowest BCUT2D eigenvalue weighted by Gasteiger charge is -2.38. The van der Waals surface area contributed by atoms with Crippen LogP contribution in [0.3, 0.4) is 0 Å².